The van der Waals surface area contributed by atoms with Gasteiger partial charge in [-0.3, -0.25) is 4.79 Å². The molecule has 0 amide bonds. The highest BCUT2D eigenvalue weighted by Gasteiger charge is 2.32. The van der Waals surface area contributed by atoms with Crippen molar-refractivity contribution in [2.45, 2.75) is 30.9 Å². The predicted molar refractivity (Wildman–Crippen MR) is 71.2 cm³/mol. The van der Waals surface area contributed by atoms with Crippen LogP contribution in [0.2, 0.25) is 0 Å². The number of rotatable bonds is 3. The lowest BCUT2D eigenvalue weighted by Crippen LogP contribution is -2.41. The molecule has 0 N–H and O–H groups in total. The van der Waals surface area contributed by atoms with Gasteiger partial charge in [0.1, 0.15) is 9.99 Å². The molecular formula is C12H17NO3S2. The molecule has 0 aliphatic carbocycles. The van der Waals surface area contributed by atoms with E-state index in [1.807, 2.05) is 13.0 Å². The zero-order valence-corrected chi connectivity index (χ0v) is 12.2. The minimum Gasteiger partial charge on any atom is -0.300 e. The standard InChI is InChI=1S/C12H17NO3S2/c1-9-5-6-12(17-9)18(15,16)13-7-3-4-11(8-13)10(2)14/h5-6,11H,3-4,7-8H2,1-2H3. The average Bonchev–Trinajstić information content (AvgIpc) is 2.77. The topological polar surface area (TPSA) is 54.5 Å². The van der Waals surface area contributed by atoms with E-state index in [1.165, 1.54) is 22.6 Å². The van der Waals surface area contributed by atoms with Crippen LogP contribution in [0.15, 0.2) is 16.3 Å². The number of Topliss-reactive ketones (excluding diaryl/α,β-unsaturated/α-hetero) is 1. The lowest BCUT2D eigenvalue weighted by atomic mass is 9.96. The van der Waals surface area contributed by atoms with Gasteiger partial charge in [0, 0.05) is 23.9 Å². The number of thiophene rings is 1. The normalized spacial score (nSPS) is 22.0. The number of hydrogen-bond donors (Lipinski definition) is 0. The number of carbonyl (C=O) groups is 1. The first-order chi connectivity index (χ1) is 8.41. The van der Waals surface area contributed by atoms with Crippen molar-refractivity contribution in [1.29, 1.82) is 0 Å². The van der Waals surface area contributed by atoms with Crippen LogP contribution in [-0.4, -0.2) is 31.6 Å². The number of ketones is 1. The van der Waals surface area contributed by atoms with Crippen molar-refractivity contribution in [3.63, 3.8) is 0 Å². The van der Waals surface area contributed by atoms with Crippen molar-refractivity contribution in [1.82, 2.24) is 4.31 Å². The lowest BCUT2D eigenvalue weighted by Gasteiger charge is -2.30. The Labute approximate surface area is 112 Å². The highest BCUT2D eigenvalue weighted by atomic mass is 32.2. The van der Waals surface area contributed by atoms with Gasteiger partial charge in [-0.05, 0) is 38.8 Å². The van der Waals surface area contributed by atoms with Gasteiger partial charge in [-0.2, -0.15) is 4.31 Å². The zero-order valence-electron chi connectivity index (χ0n) is 10.5. The van der Waals surface area contributed by atoms with E-state index in [0.717, 1.165) is 17.7 Å². The Kier molecular flexibility index (Phi) is 3.89. The Bertz CT molecular complexity index is 547. The second-order valence-electron chi connectivity index (χ2n) is 4.68. The summed E-state index contributed by atoms with van der Waals surface area (Å²) in [5, 5.41) is 0. The summed E-state index contributed by atoms with van der Waals surface area (Å²) in [7, 11) is -3.41. The van der Waals surface area contributed by atoms with E-state index in [-0.39, 0.29) is 11.7 Å². The maximum absolute atomic E-state index is 12.4. The fraction of sp³-hybridized carbons (Fsp3) is 0.583. The molecule has 1 aromatic rings. The van der Waals surface area contributed by atoms with Gasteiger partial charge in [0.15, 0.2) is 0 Å². The van der Waals surface area contributed by atoms with E-state index in [4.69, 9.17) is 0 Å². The predicted octanol–water partition coefficient (Wildman–Crippen LogP) is 2.05. The van der Waals surface area contributed by atoms with E-state index in [1.54, 1.807) is 6.07 Å². The Morgan fingerprint density at radius 2 is 2.17 bits per heavy atom. The second-order valence-corrected chi connectivity index (χ2v) is 8.13. The SMILES string of the molecule is CC(=O)C1CCCN(S(=O)(=O)c2ccc(C)s2)C1. The molecule has 4 nitrogen and oxygen atoms in total. The van der Waals surface area contributed by atoms with E-state index < -0.39 is 10.0 Å². The third kappa shape index (κ3) is 2.65. The summed E-state index contributed by atoms with van der Waals surface area (Å²) >= 11 is 1.28. The molecule has 0 radical (unpaired) electrons. The van der Waals surface area contributed by atoms with Crippen LogP contribution in [-0.2, 0) is 14.8 Å². The van der Waals surface area contributed by atoms with Crippen molar-refractivity contribution < 1.29 is 13.2 Å². The Morgan fingerprint density at radius 1 is 1.44 bits per heavy atom. The summed E-state index contributed by atoms with van der Waals surface area (Å²) in [5.74, 6) is -0.0631. The summed E-state index contributed by atoms with van der Waals surface area (Å²) < 4.78 is 26.6. The van der Waals surface area contributed by atoms with Gasteiger partial charge >= 0.3 is 0 Å². The first-order valence-corrected chi connectivity index (χ1v) is 8.24. The Hall–Kier alpha value is -0.720. The molecule has 1 aliphatic rings. The van der Waals surface area contributed by atoms with Gasteiger partial charge in [-0.15, -0.1) is 11.3 Å². The van der Waals surface area contributed by atoms with E-state index in [0.29, 0.717) is 17.3 Å². The number of hydrogen-bond acceptors (Lipinski definition) is 4. The molecule has 0 saturated carbocycles. The number of piperidine rings is 1. The van der Waals surface area contributed by atoms with Gasteiger partial charge in [0.2, 0.25) is 0 Å². The van der Waals surface area contributed by atoms with Gasteiger partial charge in [0.05, 0.1) is 0 Å². The van der Waals surface area contributed by atoms with E-state index >= 15 is 0 Å². The minimum absolute atomic E-state index is 0.0808. The molecule has 1 aliphatic heterocycles. The van der Waals surface area contributed by atoms with Crippen LogP contribution in [0.25, 0.3) is 0 Å². The van der Waals surface area contributed by atoms with E-state index in [2.05, 4.69) is 0 Å². The summed E-state index contributed by atoms with van der Waals surface area (Å²) in [4.78, 5) is 12.4. The largest absolute Gasteiger partial charge is 0.300 e. The van der Waals surface area contributed by atoms with Crippen LogP contribution in [0.1, 0.15) is 24.6 Å². The molecule has 1 fully saturated rings. The van der Waals surface area contributed by atoms with Crippen molar-refractivity contribution in [3.05, 3.63) is 17.0 Å². The molecular weight excluding hydrogens is 270 g/mol. The van der Waals surface area contributed by atoms with Gasteiger partial charge in [-0.1, -0.05) is 0 Å². The van der Waals surface area contributed by atoms with Crippen LogP contribution >= 0.6 is 11.3 Å². The number of carbonyl (C=O) groups excluding carboxylic acids is 1. The van der Waals surface area contributed by atoms with Crippen LogP contribution in [0.5, 0.6) is 0 Å². The van der Waals surface area contributed by atoms with Gasteiger partial charge in [-0.25, -0.2) is 8.42 Å². The van der Waals surface area contributed by atoms with Gasteiger partial charge in [0.25, 0.3) is 10.0 Å². The minimum atomic E-state index is -3.41. The molecule has 100 valence electrons. The molecule has 0 bridgehead atoms. The summed E-state index contributed by atoms with van der Waals surface area (Å²) in [6.07, 6.45) is 1.55. The van der Waals surface area contributed by atoms with E-state index in [9.17, 15) is 13.2 Å². The quantitative estimate of drug-likeness (QED) is 0.855. The molecule has 1 atom stereocenters. The first-order valence-electron chi connectivity index (χ1n) is 5.98. The monoisotopic (exact) mass is 287 g/mol. The maximum Gasteiger partial charge on any atom is 0.252 e. The summed E-state index contributed by atoms with van der Waals surface area (Å²) in [6.45, 7) is 4.27. The third-order valence-corrected chi connectivity index (χ3v) is 6.60. The van der Waals surface area contributed by atoms with Crippen LogP contribution in [0.3, 0.4) is 0 Å². The zero-order chi connectivity index (χ0) is 13.3. The molecule has 0 aromatic carbocycles. The smallest absolute Gasteiger partial charge is 0.252 e. The third-order valence-electron chi connectivity index (χ3n) is 3.27. The summed E-state index contributed by atoms with van der Waals surface area (Å²) in [6, 6.07) is 3.46. The van der Waals surface area contributed by atoms with Crippen molar-refractivity contribution in [2.75, 3.05) is 13.1 Å². The molecule has 2 heterocycles. The maximum atomic E-state index is 12.4. The average molecular weight is 287 g/mol. The first kappa shape index (κ1) is 13.7. The van der Waals surface area contributed by atoms with Crippen molar-refractivity contribution in [2.24, 2.45) is 5.92 Å². The molecule has 2 rings (SSSR count). The second kappa shape index (κ2) is 5.11. The number of nitrogens with zero attached hydrogens (tertiary/aromatic N) is 1. The lowest BCUT2D eigenvalue weighted by molar-refractivity contribution is -0.121. The van der Waals surface area contributed by atoms with Gasteiger partial charge < -0.3 is 0 Å². The Morgan fingerprint density at radius 3 is 2.72 bits per heavy atom. The molecule has 1 aromatic heterocycles. The molecule has 1 saturated heterocycles. The fourth-order valence-electron chi connectivity index (χ4n) is 2.17. The van der Waals surface area contributed by atoms with Crippen LogP contribution < -0.4 is 0 Å². The van der Waals surface area contributed by atoms with Crippen molar-refractivity contribution >= 4 is 27.1 Å². The summed E-state index contributed by atoms with van der Waals surface area (Å²) in [5.41, 5.74) is 0. The molecule has 6 heteroatoms. The molecule has 18 heavy (non-hydrogen) atoms. The highest BCUT2D eigenvalue weighted by molar-refractivity contribution is 7.91. The number of sulfonamides is 1. The highest BCUT2D eigenvalue weighted by Crippen LogP contribution is 2.28. The fourth-order valence-corrected chi connectivity index (χ4v) is 5.13. The number of aryl methyl sites for hydroxylation is 1. The van der Waals surface area contributed by atoms with Crippen LogP contribution in [0, 0.1) is 12.8 Å². The molecule has 0 spiro atoms. The Balaban J connectivity index is 2.22. The molecule has 1 unspecified atom stereocenters. The van der Waals surface area contributed by atoms with Crippen molar-refractivity contribution in [3.8, 4) is 0 Å². The van der Waals surface area contributed by atoms with Crippen LogP contribution in [0.4, 0.5) is 0 Å².